The maximum absolute atomic E-state index is 12.1. The number of fused-ring (bicyclic) bond motifs is 3. The standard InChI is InChI=1S/C21H24N2O4/c24-20-12-14(13-23(25)26)15-6-2-1-3-7-16(15)21(20)11-10-19(27-21)22-18-9-5-4-8-17(18)20/h4-5,8-11,14,19,22,24H,1-3,6-7,12-13H2/t14-,19+,20-,21+/m0/s1. The molecule has 0 amide bonds. The fourth-order valence-corrected chi connectivity index (χ4v) is 5.64. The number of benzene rings is 1. The first-order valence-electron chi connectivity index (χ1n) is 9.83. The quantitative estimate of drug-likeness (QED) is 0.474. The molecule has 0 aromatic heterocycles. The lowest BCUT2D eigenvalue weighted by Crippen LogP contribution is -2.57. The Morgan fingerprint density at radius 1 is 1.26 bits per heavy atom. The summed E-state index contributed by atoms with van der Waals surface area (Å²) >= 11 is 0. The third-order valence-electron chi connectivity index (χ3n) is 6.72. The predicted octanol–water partition coefficient (Wildman–Crippen LogP) is 3.51. The summed E-state index contributed by atoms with van der Waals surface area (Å²) in [6.45, 7) is -0.139. The van der Waals surface area contributed by atoms with E-state index in [1.165, 1.54) is 0 Å². The second-order valence-corrected chi connectivity index (χ2v) is 8.16. The van der Waals surface area contributed by atoms with Crippen molar-refractivity contribution in [3.8, 4) is 0 Å². The van der Waals surface area contributed by atoms with E-state index in [1.807, 2.05) is 36.4 Å². The molecule has 0 fully saturated rings. The predicted molar refractivity (Wildman–Crippen MR) is 101 cm³/mol. The minimum atomic E-state index is -1.32. The van der Waals surface area contributed by atoms with Gasteiger partial charge in [0.15, 0.2) is 0 Å². The largest absolute Gasteiger partial charge is 0.381 e. The maximum atomic E-state index is 12.1. The molecule has 2 bridgehead atoms. The Labute approximate surface area is 158 Å². The molecule has 1 aromatic rings. The molecule has 6 nitrogen and oxygen atoms in total. The molecule has 1 spiro atoms. The summed E-state index contributed by atoms with van der Waals surface area (Å²) in [7, 11) is 0. The van der Waals surface area contributed by atoms with Crippen molar-refractivity contribution in [2.75, 3.05) is 11.9 Å². The third kappa shape index (κ3) is 2.33. The van der Waals surface area contributed by atoms with E-state index in [1.54, 1.807) is 0 Å². The highest BCUT2D eigenvalue weighted by Gasteiger charge is 2.62. The summed E-state index contributed by atoms with van der Waals surface area (Å²) in [5.74, 6) is -0.258. The number of aliphatic hydroxyl groups is 1. The van der Waals surface area contributed by atoms with E-state index in [9.17, 15) is 15.2 Å². The highest BCUT2D eigenvalue weighted by Crippen LogP contribution is 2.59. The maximum Gasteiger partial charge on any atom is 0.210 e. The second kappa shape index (κ2) is 5.91. The first-order valence-corrected chi connectivity index (χ1v) is 9.83. The number of nitro groups is 1. The molecule has 0 saturated carbocycles. The molecule has 5 rings (SSSR count). The van der Waals surface area contributed by atoms with Crippen LogP contribution in [0.25, 0.3) is 0 Å². The van der Waals surface area contributed by atoms with E-state index < -0.39 is 11.2 Å². The highest BCUT2D eigenvalue weighted by atomic mass is 16.6. The molecule has 2 N–H and O–H groups in total. The molecule has 2 aliphatic carbocycles. The molecule has 2 aliphatic heterocycles. The van der Waals surface area contributed by atoms with Crippen molar-refractivity contribution in [1.29, 1.82) is 0 Å². The summed E-state index contributed by atoms with van der Waals surface area (Å²) in [4.78, 5) is 11.2. The Kier molecular flexibility index (Phi) is 3.71. The Balaban J connectivity index is 1.76. The van der Waals surface area contributed by atoms with Crippen molar-refractivity contribution in [2.45, 2.75) is 56.0 Å². The number of hydrogen-bond donors (Lipinski definition) is 2. The van der Waals surface area contributed by atoms with Crippen LogP contribution in [0.15, 0.2) is 47.6 Å². The normalized spacial score (nSPS) is 36.8. The minimum Gasteiger partial charge on any atom is -0.381 e. The van der Waals surface area contributed by atoms with Gasteiger partial charge < -0.3 is 15.2 Å². The molecule has 0 radical (unpaired) electrons. The summed E-state index contributed by atoms with van der Waals surface area (Å²) in [5, 5.41) is 26.9. The van der Waals surface area contributed by atoms with Gasteiger partial charge in [-0.25, -0.2) is 0 Å². The van der Waals surface area contributed by atoms with Crippen molar-refractivity contribution >= 4 is 5.69 Å². The average molecular weight is 368 g/mol. The van der Waals surface area contributed by atoms with Crippen LogP contribution in [0, 0.1) is 16.0 Å². The van der Waals surface area contributed by atoms with Crippen LogP contribution in [0.5, 0.6) is 0 Å². The Morgan fingerprint density at radius 3 is 2.93 bits per heavy atom. The highest BCUT2D eigenvalue weighted by molar-refractivity contribution is 5.62. The third-order valence-corrected chi connectivity index (χ3v) is 6.72. The van der Waals surface area contributed by atoms with E-state index in [0.717, 1.165) is 54.5 Å². The molecule has 6 heteroatoms. The van der Waals surface area contributed by atoms with Crippen LogP contribution >= 0.6 is 0 Å². The first-order chi connectivity index (χ1) is 13.0. The van der Waals surface area contributed by atoms with Crippen molar-refractivity contribution in [2.24, 2.45) is 5.92 Å². The Hall–Kier alpha value is -2.18. The van der Waals surface area contributed by atoms with Crippen LogP contribution in [0.3, 0.4) is 0 Å². The molecule has 0 saturated heterocycles. The number of rotatable bonds is 2. The van der Waals surface area contributed by atoms with Gasteiger partial charge in [-0.2, -0.15) is 0 Å². The number of para-hydroxylation sites is 1. The van der Waals surface area contributed by atoms with E-state index in [0.29, 0.717) is 6.42 Å². The summed E-state index contributed by atoms with van der Waals surface area (Å²) < 4.78 is 6.48. The topological polar surface area (TPSA) is 84.6 Å². The number of ether oxygens (including phenoxy) is 1. The molecule has 1 aromatic carbocycles. The van der Waals surface area contributed by atoms with Crippen LogP contribution in [-0.4, -0.2) is 28.4 Å². The molecule has 0 unspecified atom stereocenters. The van der Waals surface area contributed by atoms with Gasteiger partial charge in [-0.05, 0) is 55.9 Å². The summed E-state index contributed by atoms with van der Waals surface area (Å²) in [6, 6.07) is 7.71. The van der Waals surface area contributed by atoms with Gasteiger partial charge in [0, 0.05) is 22.1 Å². The zero-order valence-electron chi connectivity index (χ0n) is 15.2. The lowest BCUT2D eigenvalue weighted by atomic mass is 9.60. The molecular formula is C21H24N2O4. The van der Waals surface area contributed by atoms with Gasteiger partial charge in [-0.15, -0.1) is 0 Å². The van der Waals surface area contributed by atoms with Crippen LogP contribution in [0.1, 0.15) is 44.1 Å². The monoisotopic (exact) mass is 368 g/mol. The molecule has 27 heavy (non-hydrogen) atoms. The molecule has 4 aliphatic rings. The number of anilines is 1. The number of hydrogen-bond acceptors (Lipinski definition) is 5. The smallest absolute Gasteiger partial charge is 0.210 e. The van der Waals surface area contributed by atoms with Crippen molar-refractivity contribution in [3.63, 3.8) is 0 Å². The summed E-state index contributed by atoms with van der Waals surface area (Å²) in [6.07, 6.45) is 8.85. The van der Waals surface area contributed by atoms with Crippen LogP contribution in [-0.2, 0) is 10.3 Å². The molecule has 4 atom stereocenters. The zero-order chi connectivity index (χ0) is 18.6. The molecule has 142 valence electrons. The number of nitrogens with zero attached hydrogens (tertiary/aromatic N) is 1. The first kappa shape index (κ1) is 17.0. The SMILES string of the molecule is O=[N+]([O-])C[C@@H]1C[C@]2(O)c3ccccc3N[C@H]3C=C[C@@]2(O3)C2=C1CCCCC2. The lowest BCUT2D eigenvalue weighted by molar-refractivity contribution is -0.488. The lowest BCUT2D eigenvalue weighted by Gasteiger charge is -2.50. The van der Waals surface area contributed by atoms with Gasteiger partial charge in [0.1, 0.15) is 17.4 Å². The van der Waals surface area contributed by atoms with E-state index in [2.05, 4.69) is 5.32 Å². The van der Waals surface area contributed by atoms with Gasteiger partial charge in [-0.3, -0.25) is 10.1 Å². The fraction of sp³-hybridized carbons (Fsp3) is 0.524. The Morgan fingerprint density at radius 2 is 2.07 bits per heavy atom. The van der Waals surface area contributed by atoms with E-state index in [-0.39, 0.29) is 23.6 Å². The van der Waals surface area contributed by atoms with Gasteiger partial charge in [-0.1, -0.05) is 30.2 Å². The average Bonchev–Trinajstić information content (AvgIpc) is 2.84. The number of nitrogens with one attached hydrogen (secondary N) is 1. The van der Waals surface area contributed by atoms with Gasteiger partial charge in [0.25, 0.3) is 0 Å². The van der Waals surface area contributed by atoms with Crippen LogP contribution < -0.4 is 5.32 Å². The van der Waals surface area contributed by atoms with Crippen molar-refractivity contribution < 1.29 is 14.8 Å². The Bertz CT molecular complexity index is 863. The van der Waals surface area contributed by atoms with Crippen molar-refractivity contribution in [1.82, 2.24) is 0 Å². The summed E-state index contributed by atoms with van der Waals surface area (Å²) in [5.41, 5.74) is 1.61. The van der Waals surface area contributed by atoms with Gasteiger partial charge in [0.2, 0.25) is 6.54 Å². The van der Waals surface area contributed by atoms with E-state index in [4.69, 9.17) is 4.74 Å². The van der Waals surface area contributed by atoms with Crippen LogP contribution in [0.2, 0.25) is 0 Å². The van der Waals surface area contributed by atoms with Gasteiger partial charge >= 0.3 is 0 Å². The zero-order valence-corrected chi connectivity index (χ0v) is 15.2. The van der Waals surface area contributed by atoms with Crippen LogP contribution in [0.4, 0.5) is 5.69 Å². The second-order valence-electron chi connectivity index (χ2n) is 8.16. The fourth-order valence-electron chi connectivity index (χ4n) is 5.64. The molecule has 2 heterocycles. The molecular weight excluding hydrogens is 344 g/mol. The minimum absolute atomic E-state index is 0.139. The van der Waals surface area contributed by atoms with Gasteiger partial charge in [0.05, 0.1) is 0 Å². The van der Waals surface area contributed by atoms with E-state index >= 15 is 0 Å². The van der Waals surface area contributed by atoms with Crippen molar-refractivity contribution in [3.05, 3.63) is 63.2 Å².